The van der Waals surface area contributed by atoms with E-state index in [1.54, 1.807) is 11.0 Å². The maximum absolute atomic E-state index is 12.5. The Labute approximate surface area is 179 Å². The minimum Gasteiger partial charge on any atom is -0.406 e. The second-order valence-corrected chi connectivity index (χ2v) is 7.64. The Morgan fingerprint density at radius 3 is 2.32 bits per heavy atom. The Morgan fingerprint density at radius 2 is 1.74 bits per heavy atom. The van der Waals surface area contributed by atoms with E-state index in [9.17, 15) is 18.0 Å². The highest BCUT2D eigenvalue weighted by atomic mass is 19.4. The van der Waals surface area contributed by atoms with Gasteiger partial charge in [-0.15, -0.1) is 13.2 Å². The SMILES string of the molecule is Cc1cc(N2CCN(C(=O)/C=C/c3ccc(OC(F)(F)F)cc3)CC2)nc(C(C)C)n1. The number of rotatable bonds is 5. The van der Waals surface area contributed by atoms with Crippen molar-refractivity contribution in [2.75, 3.05) is 31.1 Å². The monoisotopic (exact) mass is 434 g/mol. The maximum atomic E-state index is 12.5. The Hall–Kier alpha value is -3.10. The van der Waals surface area contributed by atoms with Crippen LogP contribution < -0.4 is 9.64 Å². The number of alkyl halides is 3. The van der Waals surface area contributed by atoms with Gasteiger partial charge in [-0.1, -0.05) is 26.0 Å². The summed E-state index contributed by atoms with van der Waals surface area (Å²) in [6.45, 7) is 8.50. The summed E-state index contributed by atoms with van der Waals surface area (Å²) >= 11 is 0. The molecule has 0 N–H and O–H groups in total. The summed E-state index contributed by atoms with van der Waals surface area (Å²) in [5, 5.41) is 0. The van der Waals surface area contributed by atoms with E-state index in [2.05, 4.69) is 33.5 Å². The fourth-order valence-electron chi connectivity index (χ4n) is 3.20. The summed E-state index contributed by atoms with van der Waals surface area (Å²) in [7, 11) is 0. The third-order valence-corrected chi connectivity index (χ3v) is 4.82. The van der Waals surface area contributed by atoms with E-state index >= 15 is 0 Å². The van der Waals surface area contributed by atoms with Crippen molar-refractivity contribution >= 4 is 17.8 Å². The average Bonchev–Trinajstić information content (AvgIpc) is 2.71. The molecule has 31 heavy (non-hydrogen) atoms. The minimum absolute atomic E-state index is 0.142. The van der Waals surface area contributed by atoms with Crippen molar-refractivity contribution < 1.29 is 22.7 Å². The number of carbonyl (C=O) groups is 1. The predicted octanol–water partition coefficient (Wildman–Crippen LogP) is 4.17. The molecule has 3 rings (SSSR count). The number of ether oxygens (including phenoxy) is 1. The van der Waals surface area contributed by atoms with Gasteiger partial charge in [0.2, 0.25) is 5.91 Å². The molecule has 2 heterocycles. The lowest BCUT2D eigenvalue weighted by atomic mass is 10.2. The van der Waals surface area contributed by atoms with Crippen molar-refractivity contribution in [3.8, 4) is 5.75 Å². The van der Waals surface area contributed by atoms with Crippen molar-refractivity contribution in [1.29, 1.82) is 0 Å². The van der Waals surface area contributed by atoms with E-state index < -0.39 is 6.36 Å². The van der Waals surface area contributed by atoms with Gasteiger partial charge in [0.05, 0.1) is 0 Å². The number of anilines is 1. The van der Waals surface area contributed by atoms with E-state index in [-0.39, 0.29) is 17.6 Å². The van der Waals surface area contributed by atoms with Gasteiger partial charge in [0, 0.05) is 49.9 Å². The number of carbonyl (C=O) groups excluding carboxylic acids is 1. The van der Waals surface area contributed by atoms with E-state index in [0.29, 0.717) is 31.7 Å². The molecule has 2 aromatic rings. The van der Waals surface area contributed by atoms with Gasteiger partial charge in [0.25, 0.3) is 0 Å². The molecule has 1 aromatic heterocycles. The van der Waals surface area contributed by atoms with Crippen LogP contribution in [0.15, 0.2) is 36.4 Å². The Balaban J connectivity index is 1.56. The zero-order valence-corrected chi connectivity index (χ0v) is 17.7. The first-order valence-electron chi connectivity index (χ1n) is 10.0. The third kappa shape index (κ3) is 6.44. The number of amides is 1. The van der Waals surface area contributed by atoms with E-state index in [1.165, 1.54) is 30.3 Å². The molecule has 0 aliphatic carbocycles. The molecule has 9 heteroatoms. The number of hydrogen-bond donors (Lipinski definition) is 0. The molecule has 0 radical (unpaired) electrons. The summed E-state index contributed by atoms with van der Waals surface area (Å²) in [4.78, 5) is 25.5. The Morgan fingerprint density at radius 1 is 1.10 bits per heavy atom. The summed E-state index contributed by atoms with van der Waals surface area (Å²) in [6.07, 6.45) is -1.72. The first-order chi connectivity index (χ1) is 14.6. The lowest BCUT2D eigenvalue weighted by Crippen LogP contribution is -2.48. The van der Waals surface area contributed by atoms with Gasteiger partial charge >= 0.3 is 6.36 Å². The van der Waals surface area contributed by atoms with Crippen LogP contribution in [-0.2, 0) is 4.79 Å². The van der Waals surface area contributed by atoms with Gasteiger partial charge in [-0.05, 0) is 30.7 Å². The zero-order chi connectivity index (χ0) is 22.6. The molecule has 0 spiro atoms. The number of piperazine rings is 1. The molecule has 1 amide bonds. The lowest BCUT2D eigenvalue weighted by molar-refractivity contribution is -0.274. The van der Waals surface area contributed by atoms with Crippen LogP contribution in [0.5, 0.6) is 5.75 Å². The van der Waals surface area contributed by atoms with Crippen molar-refractivity contribution in [2.24, 2.45) is 0 Å². The van der Waals surface area contributed by atoms with Crippen molar-refractivity contribution in [1.82, 2.24) is 14.9 Å². The predicted molar refractivity (Wildman–Crippen MR) is 112 cm³/mol. The molecule has 1 aromatic carbocycles. The highest BCUT2D eigenvalue weighted by Gasteiger charge is 2.31. The summed E-state index contributed by atoms with van der Waals surface area (Å²) in [5.74, 6) is 1.48. The van der Waals surface area contributed by atoms with Crippen molar-refractivity contribution in [3.63, 3.8) is 0 Å². The highest BCUT2D eigenvalue weighted by Crippen LogP contribution is 2.23. The summed E-state index contributed by atoms with van der Waals surface area (Å²) < 4.78 is 40.5. The van der Waals surface area contributed by atoms with Crippen LogP contribution in [0, 0.1) is 6.92 Å². The number of halogens is 3. The molecule has 1 aliphatic heterocycles. The molecule has 0 unspecified atom stereocenters. The Kier molecular flexibility index (Phi) is 6.82. The molecule has 1 fully saturated rings. The van der Waals surface area contributed by atoms with Gasteiger partial charge < -0.3 is 14.5 Å². The normalized spacial score (nSPS) is 15.1. The Bertz CT molecular complexity index is 935. The standard InChI is InChI=1S/C22H25F3N4O2/c1-15(2)21-26-16(3)14-19(27-21)28-10-12-29(13-11-28)20(30)9-6-17-4-7-18(8-5-17)31-22(23,24)25/h4-9,14-15H,10-13H2,1-3H3/b9-6+. The quantitative estimate of drug-likeness (QED) is 0.661. The first-order valence-corrected chi connectivity index (χ1v) is 10.0. The summed E-state index contributed by atoms with van der Waals surface area (Å²) in [5.41, 5.74) is 1.53. The largest absolute Gasteiger partial charge is 0.573 e. The molecular formula is C22H25F3N4O2. The van der Waals surface area contributed by atoms with Crippen LogP contribution in [-0.4, -0.2) is 53.3 Å². The second-order valence-electron chi connectivity index (χ2n) is 7.64. The number of nitrogens with zero attached hydrogens (tertiary/aromatic N) is 4. The van der Waals surface area contributed by atoms with Crippen LogP contribution >= 0.6 is 0 Å². The second kappa shape index (κ2) is 9.36. The van der Waals surface area contributed by atoms with Gasteiger partial charge in [0.15, 0.2) is 0 Å². The molecular weight excluding hydrogens is 409 g/mol. The lowest BCUT2D eigenvalue weighted by Gasteiger charge is -2.35. The molecule has 1 saturated heterocycles. The fraction of sp³-hybridized carbons (Fsp3) is 0.409. The molecule has 1 aliphatic rings. The smallest absolute Gasteiger partial charge is 0.406 e. The topological polar surface area (TPSA) is 58.6 Å². The number of hydrogen-bond acceptors (Lipinski definition) is 5. The molecule has 6 nitrogen and oxygen atoms in total. The van der Waals surface area contributed by atoms with E-state index in [1.807, 2.05) is 13.0 Å². The first kappa shape index (κ1) is 22.6. The van der Waals surface area contributed by atoms with E-state index in [0.717, 1.165) is 17.3 Å². The number of benzene rings is 1. The number of aromatic nitrogens is 2. The molecule has 0 atom stereocenters. The van der Waals surface area contributed by atoms with Gasteiger partial charge in [-0.25, -0.2) is 9.97 Å². The van der Waals surface area contributed by atoms with Crippen LogP contribution in [0.3, 0.4) is 0 Å². The number of aryl methyl sites for hydroxylation is 1. The minimum atomic E-state index is -4.73. The van der Waals surface area contributed by atoms with Crippen LogP contribution in [0.4, 0.5) is 19.0 Å². The summed E-state index contributed by atoms with van der Waals surface area (Å²) in [6, 6.07) is 7.31. The van der Waals surface area contributed by atoms with Gasteiger partial charge in [-0.3, -0.25) is 4.79 Å². The van der Waals surface area contributed by atoms with Crippen LogP contribution in [0.25, 0.3) is 6.08 Å². The highest BCUT2D eigenvalue weighted by molar-refractivity contribution is 5.92. The fourth-order valence-corrected chi connectivity index (χ4v) is 3.20. The van der Waals surface area contributed by atoms with Gasteiger partial charge in [0.1, 0.15) is 17.4 Å². The maximum Gasteiger partial charge on any atom is 0.573 e. The van der Waals surface area contributed by atoms with Gasteiger partial charge in [-0.2, -0.15) is 0 Å². The van der Waals surface area contributed by atoms with Crippen molar-refractivity contribution in [2.45, 2.75) is 33.1 Å². The van der Waals surface area contributed by atoms with Crippen LogP contribution in [0.2, 0.25) is 0 Å². The van der Waals surface area contributed by atoms with E-state index in [4.69, 9.17) is 0 Å². The molecule has 166 valence electrons. The average molecular weight is 434 g/mol. The molecule has 0 saturated carbocycles. The molecule has 0 bridgehead atoms. The third-order valence-electron chi connectivity index (χ3n) is 4.82. The van der Waals surface area contributed by atoms with Crippen molar-refractivity contribution in [3.05, 3.63) is 53.5 Å². The zero-order valence-electron chi connectivity index (χ0n) is 17.7. The van der Waals surface area contributed by atoms with Crippen LogP contribution in [0.1, 0.15) is 36.8 Å².